The first kappa shape index (κ1) is 20.0. The van der Waals surface area contributed by atoms with E-state index in [4.69, 9.17) is 15.2 Å². The van der Waals surface area contributed by atoms with Crippen LogP contribution in [0.4, 0.5) is 11.4 Å². The van der Waals surface area contributed by atoms with E-state index in [1.54, 1.807) is 7.11 Å². The van der Waals surface area contributed by atoms with Crippen LogP contribution < -0.4 is 20.5 Å². The van der Waals surface area contributed by atoms with E-state index in [0.717, 1.165) is 35.9 Å². The van der Waals surface area contributed by atoms with Crippen LogP contribution >= 0.6 is 0 Å². The number of benzene rings is 2. The monoisotopic (exact) mass is 405 g/mol. The Labute approximate surface area is 176 Å². The Bertz CT molecular complexity index is 1070. The van der Waals surface area contributed by atoms with Crippen LogP contribution in [0.5, 0.6) is 11.5 Å². The minimum absolute atomic E-state index is 0.181. The van der Waals surface area contributed by atoms with Gasteiger partial charge in [-0.05, 0) is 49.8 Å². The summed E-state index contributed by atoms with van der Waals surface area (Å²) in [6.45, 7) is 2.10. The Morgan fingerprint density at radius 3 is 2.67 bits per heavy atom. The fourth-order valence-electron chi connectivity index (χ4n) is 4.04. The van der Waals surface area contributed by atoms with Crippen molar-refractivity contribution in [1.29, 1.82) is 0 Å². The fourth-order valence-corrected chi connectivity index (χ4v) is 4.04. The Kier molecular flexibility index (Phi) is 5.74. The molecule has 0 spiro atoms. The second-order valence-corrected chi connectivity index (χ2v) is 7.59. The summed E-state index contributed by atoms with van der Waals surface area (Å²) >= 11 is 0. The number of aryl methyl sites for hydroxylation is 1. The number of ether oxygens (including phenoxy) is 2. The maximum atomic E-state index is 12.2. The number of nitrogens with two attached hydrogens (primary N) is 1. The highest BCUT2D eigenvalue weighted by atomic mass is 16.5. The number of carbonyl (C=O) groups excluding carboxylic acids is 1. The number of carbonyl (C=O) groups is 1. The van der Waals surface area contributed by atoms with Crippen molar-refractivity contribution in [3.05, 3.63) is 53.7 Å². The summed E-state index contributed by atoms with van der Waals surface area (Å²) in [5, 5.41) is 4.21. The minimum Gasteiger partial charge on any atom is -0.493 e. The summed E-state index contributed by atoms with van der Waals surface area (Å²) in [5.41, 5.74) is 9.43. The van der Waals surface area contributed by atoms with Gasteiger partial charge in [0, 0.05) is 23.3 Å². The lowest BCUT2D eigenvalue weighted by Crippen LogP contribution is -2.15. The number of anilines is 2. The predicted octanol–water partition coefficient (Wildman–Crippen LogP) is 4.97. The zero-order valence-corrected chi connectivity index (χ0v) is 17.4. The van der Waals surface area contributed by atoms with Crippen LogP contribution in [0.1, 0.15) is 48.5 Å². The molecule has 1 amide bonds. The van der Waals surface area contributed by atoms with Gasteiger partial charge < -0.3 is 20.5 Å². The standard InChI is InChI=1S/C24H27N3O3/c1-3-15-8-4-7-11-19(15)27-23-17-12-22(30-16-9-5-6-10-16)21(29-2)13-20(17)26-14-18(23)24(25)28/h4,7-8,11-14,16H,3,5-6,9-10H2,1-2H3,(H2,25,28)(H,26,27). The SMILES string of the molecule is CCc1ccccc1Nc1c(C(N)=O)cnc2cc(OC)c(OC3CCCC3)cc12. The molecule has 1 fully saturated rings. The predicted molar refractivity (Wildman–Crippen MR) is 119 cm³/mol. The summed E-state index contributed by atoms with van der Waals surface area (Å²) in [4.78, 5) is 16.6. The molecule has 3 N–H and O–H groups in total. The number of fused-ring (bicyclic) bond motifs is 1. The van der Waals surface area contributed by atoms with E-state index >= 15 is 0 Å². The Hall–Kier alpha value is -3.28. The number of methoxy groups -OCH3 is 1. The third kappa shape index (κ3) is 3.90. The molecule has 2 aromatic carbocycles. The van der Waals surface area contributed by atoms with Gasteiger partial charge >= 0.3 is 0 Å². The van der Waals surface area contributed by atoms with Crippen molar-refractivity contribution in [2.24, 2.45) is 5.73 Å². The van der Waals surface area contributed by atoms with E-state index in [-0.39, 0.29) is 6.10 Å². The molecule has 30 heavy (non-hydrogen) atoms. The Balaban J connectivity index is 1.86. The first-order valence-electron chi connectivity index (χ1n) is 10.4. The second kappa shape index (κ2) is 8.61. The highest BCUT2D eigenvalue weighted by Crippen LogP contribution is 2.39. The van der Waals surface area contributed by atoms with Crippen molar-refractivity contribution in [2.45, 2.75) is 45.1 Å². The lowest BCUT2D eigenvalue weighted by atomic mass is 10.1. The molecule has 1 aliphatic carbocycles. The highest BCUT2D eigenvalue weighted by molar-refractivity contribution is 6.08. The molecular formula is C24H27N3O3. The molecule has 0 bridgehead atoms. The third-order valence-electron chi connectivity index (χ3n) is 5.67. The van der Waals surface area contributed by atoms with Crippen LogP contribution in [0.15, 0.2) is 42.6 Å². The molecule has 1 heterocycles. The number of para-hydroxylation sites is 1. The molecule has 0 saturated heterocycles. The fraction of sp³-hybridized carbons (Fsp3) is 0.333. The molecule has 0 aliphatic heterocycles. The molecule has 1 aliphatic rings. The van der Waals surface area contributed by atoms with Gasteiger partial charge in [-0.2, -0.15) is 0 Å². The second-order valence-electron chi connectivity index (χ2n) is 7.59. The van der Waals surface area contributed by atoms with Crippen LogP contribution in [-0.2, 0) is 6.42 Å². The largest absolute Gasteiger partial charge is 0.493 e. The molecule has 6 nitrogen and oxygen atoms in total. The number of nitrogens with zero attached hydrogens (tertiary/aromatic N) is 1. The van der Waals surface area contributed by atoms with Crippen molar-refractivity contribution < 1.29 is 14.3 Å². The zero-order chi connectivity index (χ0) is 21.1. The van der Waals surface area contributed by atoms with Gasteiger partial charge in [0.05, 0.1) is 30.0 Å². The van der Waals surface area contributed by atoms with E-state index < -0.39 is 5.91 Å². The lowest BCUT2D eigenvalue weighted by Gasteiger charge is -2.19. The lowest BCUT2D eigenvalue weighted by molar-refractivity contribution is 0.100. The van der Waals surface area contributed by atoms with Crippen LogP contribution in [0, 0.1) is 0 Å². The molecule has 3 aromatic rings. The molecule has 0 atom stereocenters. The summed E-state index contributed by atoms with van der Waals surface area (Å²) in [7, 11) is 1.62. The maximum absolute atomic E-state index is 12.2. The van der Waals surface area contributed by atoms with E-state index in [0.29, 0.717) is 28.3 Å². The molecule has 156 valence electrons. The number of amides is 1. The van der Waals surface area contributed by atoms with Gasteiger partial charge in [-0.3, -0.25) is 9.78 Å². The van der Waals surface area contributed by atoms with Gasteiger partial charge in [-0.25, -0.2) is 0 Å². The quantitative estimate of drug-likeness (QED) is 0.580. The van der Waals surface area contributed by atoms with Crippen molar-refractivity contribution in [1.82, 2.24) is 4.98 Å². The zero-order valence-electron chi connectivity index (χ0n) is 17.4. The Morgan fingerprint density at radius 2 is 1.97 bits per heavy atom. The number of nitrogens with one attached hydrogen (secondary N) is 1. The molecule has 0 unspecified atom stereocenters. The Morgan fingerprint density at radius 1 is 1.20 bits per heavy atom. The minimum atomic E-state index is -0.532. The molecule has 4 rings (SSSR count). The molecule has 6 heteroatoms. The first-order valence-corrected chi connectivity index (χ1v) is 10.4. The van der Waals surface area contributed by atoms with Crippen molar-refractivity contribution >= 4 is 28.2 Å². The summed E-state index contributed by atoms with van der Waals surface area (Å²) in [5.74, 6) is 0.760. The van der Waals surface area contributed by atoms with Gasteiger partial charge in [0.25, 0.3) is 5.91 Å². The molecular weight excluding hydrogens is 378 g/mol. The van der Waals surface area contributed by atoms with Crippen LogP contribution in [-0.4, -0.2) is 24.1 Å². The van der Waals surface area contributed by atoms with Gasteiger partial charge in [0.15, 0.2) is 11.5 Å². The van der Waals surface area contributed by atoms with E-state index in [1.807, 2.05) is 30.3 Å². The number of aromatic nitrogens is 1. The summed E-state index contributed by atoms with van der Waals surface area (Å²) in [6, 6.07) is 11.8. The van der Waals surface area contributed by atoms with E-state index in [1.165, 1.54) is 19.0 Å². The molecule has 1 aromatic heterocycles. The summed E-state index contributed by atoms with van der Waals surface area (Å²) < 4.78 is 11.8. The number of hydrogen-bond acceptors (Lipinski definition) is 5. The van der Waals surface area contributed by atoms with E-state index in [2.05, 4.69) is 23.3 Å². The average Bonchev–Trinajstić information content (AvgIpc) is 3.27. The first-order chi connectivity index (χ1) is 14.6. The van der Waals surface area contributed by atoms with Gasteiger partial charge in [0.1, 0.15) is 0 Å². The van der Waals surface area contributed by atoms with Crippen LogP contribution in [0.2, 0.25) is 0 Å². The highest BCUT2D eigenvalue weighted by Gasteiger charge is 2.21. The molecule has 1 saturated carbocycles. The van der Waals surface area contributed by atoms with Crippen LogP contribution in [0.25, 0.3) is 10.9 Å². The smallest absolute Gasteiger partial charge is 0.252 e. The van der Waals surface area contributed by atoms with Gasteiger partial charge in [-0.15, -0.1) is 0 Å². The van der Waals surface area contributed by atoms with Crippen molar-refractivity contribution in [3.8, 4) is 11.5 Å². The van der Waals surface area contributed by atoms with Crippen molar-refractivity contribution in [2.75, 3.05) is 12.4 Å². The number of pyridine rings is 1. The number of primary amides is 1. The average molecular weight is 405 g/mol. The van der Waals surface area contributed by atoms with Gasteiger partial charge in [-0.1, -0.05) is 25.1 Å². The topological polar surface area (TPSA) is 86.5 Å². The third-order valence-corrected chi connectivity index (χ3v) is 5.67. The normalized spacial score (nSPS) is 14.1. The number of rotatable bonds is 7. The summed E-state index contributed by atoms with van der Waals surface area (Å²) in [6.07, 6.45) is 6.98. The number of hydrogen-bond donors (Lipinski definition) is 2. The van der Waals surface area contributed by atoms with E-state index in [9.17, 15) is 4.79 Å². The van der Waals surface area contributed by atoms with Crippen LogP contribution in [0.3, 0.4) is 0 Å². The van der Waals surface area contributed by atoms with Gasteiger partial charge in [0.2, 0.25) is 0 Å². The van der Waals surface area contributed by atoms with Crippen molar-refractivity contribution in [3.63, 3.8) is 0 Å². The maximum Gasteiger partial charge on any atom is 0.252 e. The molecule has 0 radical (unpaired) electrons.